The van der Waals surface area contributed by atoms with Gasteiger partial charge in [0.25, 0.3) is 0 Å². The van der Waals surface area contributed by atoms with Crippen LogP contribution in [0.5, 0.6) is 0 Å². The molecule has 0 bridgehead atoms. The SMILES string of the molecule is Cc1nc(SCC(=O)N(C)C(C)c2ccc(F)cc2)n(CC2CCCO2)c1C. The van der Waals surface area contributed by atoms with Gasteiger partial charge in [-0.25, -0.2) is 9.37 Å². The van der Waals surface area contributed by atoms with Crippen molar-refractivity contribution in [1.29, 1.82) is 0 Å². The van der Waals surface area contributed by atoms with E-state index in [1.807, 2.05) is 13.8 Å². The molecule has 0 spiro atoms. The van der Waals surface area contributed by atoms with Gasteiger partial charge in [-0.3, -0.25) is 4.79 Å². The number of halogens is 1. The highest BCUT2D eigenvalue weighted by atomic mass is 32.2. The van der Waals surface area contributed by atoms with Crippen molar-refractivity contribution < 1.29 is 13.9 Å². The third kappa shape index (κ3) is 4.75. The van der Waals surface area contributed by atoms with E-state index < -0.39 is 0 Å². The Hall–Kier alpha value is -1.86. The summed E-state index contributed by atoms with van der Waals surface area (Å²) in [4.78, 5) is 19.1. The Labute approximate surface area is 170 Å². The molecule has 2 aromatic rings. The van der Waals surface area contributed by atoms with E-state index >= 15 is 0 Å². The maximum atomic E-state index is 13.1. The minimum absolute atomic E-state index is 0.0174. The lowest BCUT2D eigenvalue weighted by molar-refractivity contribution is -0.128. The molecule has 1 aliphatic rings. The van der Waals surface area contributed by atoms with Crippen LogP contribution in [0.25, 0.3) is 0 Å². The van der Waals surface area contributed by atoms with Gasteiger partial charge in [0, 0.05) is 19.3 Å². The highest BCUT2D eigenvalue weighted by molar-refractivity contribution is 7.99. The van der Waals surface area contributed by atoms with Crippen molar-refractivity contribution in [3.63, 3.8) is 0 Å². The molecule has 5 nitrogen and oxygen atoms in total. The number of nitrogens with zero attached hydrogens (tertiary/aromatic N) is 3. The van der Waals surface area contributed by atoms with Crippen LogP contribution in [0, 0.1) is 19.7 Å². The van der Waals surface area contributed by atoms with Gasteiger partial charge in [0.15, 0.2) is 5.16 Å². The molecular weight excluding hydrogens is 377 g/mol. The van der Waals surface area contributed by atoms with Crippen molar-refractivity contribution in [3.8, 4) is 0 Å². The second-order valence-electron chi connectivity index (χ2n) is 7.33. The third-order valence-electron chi connectivity index (χ3n) is 5.48. The Morgan fingerprint density at radius 3 is 2.75 bits per heavy atom. The second kappa shape index (κ2) is 9.09. The summed E-state index contributed by atoms with van der Waals surface area (Å²) >= 11 is 1.46. The van der Waals surface area contributed by atoms with Crippen LogP contribution in [0.4, 0.5) is 4.39 Å². The Bertz CT molecular complexity index is 816. The molecule has 2 heterocycles. The molecule has 1 aromatic carbocycles. The van der Waals surface area contributed by atoms with Gasteiger partial charge in [-0.05, 0) is 51.3 Å². The van der Waals surface area contributed by atoms with Crippen LogP contribution in [0.3, 0.4) is 0 Å². The zero-order valence-electron chi connectivity index (χ0n) is 16.9. The van der Waals surface area contributed by atoms with Crippen LogP contribution in [-0.2, 0) is 16.1 Å². The van der Waals surface area contributed by atoms with Crippen molar-refractivity contribution in [3.05, 3.63) is 47.0 Å². The molecule has 0 N–H and O–H groups in total. The van der Waals surface area contributed by atoms with E-state index in [-0.39, 0.29) is 23.9 Å². The second-order valence-corrected chi connectivity index (χ2v) is 8.27. The Kier molecular flexibility index (Phi) is 6.78. The number of carbonyl (C=O) groups is 1. The molecule has 1 aromatic heterocycles. The number of rotatable bonds is 7. The van der Waals surface area contributed by atoms with Crippen LogP contribution in [0.1, 0.15) is 42.8 Å². The first kappa shape index (κ1) is 20.9. The summed E-state index contributed by atoms with van der Waals surface area (Å²) in [6.07, 6.45) is 2.39. The van der Waals surface area contributed by atoms with Gasteiger partial charge >= 0.3 is 0 Å². The molecule has 1 saturated heterocycles. The van der Waals surface area contributed by atoms with Gasteiger partial charge in [-0.15, -0.1) is 0 Å². The number of thioether (sulfide) groups is 1. The summed E-state index contributed by atoms with van der Waals surface area (Å²) in [6.45, 7) is 7.61. The van der Waals surface area contributed by atoms with Crippen LogP contribution in [-0.4, -0.2) is 45.9 Å². The lowest BCUT2D eigenvalue weighted by Crippen LogP contribution is -2.31. The number of hydrogen-bond acceptors (Lipinski definition) is 4. The predicted molar refractivity (Wildman–Crippen MR) is 109 cm³/mol. The Morgan fingerprint density at radius 2 is 2.11 bits per heavy atom. The molecule has 2 atom stereocenters. The highest BCUT2D eigenvalue weighted by Crippen LogP contribution is 2.26. The van der Waals surface area contributed by atoms with E-state index in [1.54, 1.807) is 24.1 Å². The molecule has 0 saturated carbocycles. The molecule has 0 radical (unpaired) electrons. The van der Waals surface area contributed by atoms with Gasteiger partial charge in [0.05, 0.1) is 30.1 Å². The summed E-state index contributed by atoms with van der Waals surface area (Å²) in [5.74, 6) is 0.0526. The Morgan fingerprint density at radius 1 is 1.39 bits per heavy atom. The summed E-state index contributed by atoms with van der Waals surface area (Å²) in [7, 11) is 1.78. The predicted octanol–water partition coefficient (Wildman–Crippen LogP) is 4.13. The average molecular weight is 406 g/mol. The van der Waals surface area contributed by atoms with Crippen molar-refractivity contribution >= 4 is 17.7 Å². The average Bonchev–Trinajstić information content (AvgIpc) is 3.29. The van der Waals surface area contributed by atoms with Crippen LogP contribution in [0.15, 0.2) is 29.4 Å². The summed E-state index contributed by atoms with van der Waals surface area (Å²) in [5.41, 5.74) is 3.02. The minimum Gasteiger partial charge on any atom is -0.376 e. The zero-order valence-corrected chi connectivity index (χ0v) is 17.8. The third-order valence-corrected chi connectivity index (χ3v) is 6.45. The zero-order chi connectivity index (χ0) is 20.3. The maximum absolute atomic E-state index is 13.1. The smallest absolute Gasteiger partial charge is 0.233 e. The van der Waals surface area contributed by atoms with E-state index in [1.165, 1.54) is 23.9 Å². The lowest BCUT2D eigenvalue weighted by Gasteiger charge is -2.25. The van der Waals surface area contributed by atoms with E-state index in [0.717, 1.165) is 48.1 Å². The normalized spacial score (nSPS) is 17.7. The topological polar surface area (TPSA) is 47.4 Å². The molecule has 7 heteroatoms. The molecule has 0 aliphatic carbocycles. The van der Waals surface area contributed by atoms with E-state index in [9.17, 15) is 9.18 Å². The van der Waals surface area contributed by atoms with Crippen molar-refractivity contribution in [2.24, 2.45) is 0 Å². The lowest BCUT2D eigenvalue weighted by atomic mass is 10.1. The monoisotopic (exact) mass is 405 g/mol. The number of aromatic nitrogens is 2. The quantitative estimate of drug-likeness (QED) is 0.650. The molecule has 3 rings (SSSR count). The van der Waals surface area contributed by atoms with Crippen LogP contribution < -0.4 is 0 Å². The van der Waals surface area contributed by atoms with Crippen molar-refractivity contribution in [2.45, 2.75) is 57.5 Å². The van der Waals surface area contributed by atoms with E-state index in [0.29, 0.717) is 5.75 Å². The van der Waals surface area contributed by atoms with Crippen molar-refractivity contribution in [1.82, 2.24) is 14.5 Å². The number of aryl methyl sites for hydroxylation is 1. The van der Waals surface area contributed by atoms with Gasteiger partial charge in [0.2, 0.25) is 5.91 Å². The number of imidazole rings is 1. The first-order chi connectivity index (χ1) is 13.4. The number of hydrogen-bond donors (Lipinski definition) is 0. The minimum atomic E-state index is -0.274. The van der Waals surface area contributed by atoms with Crippen LogP contribution in [0.2, 0.25) is 0 Å². The Balaban J connectivity index is 1.63. The maximum Gasteiger partial charge on any atom is 0.233 e. The van der Waals surface area contributed by atoms with Crippen LogP contribution >= 0.6 is 11.8 Å². The summed E-state index contributed by atoms with van der Waals surface area (Å²) in [6, 6.07) is 6.16. The van der Waals surface area contributed by atoms with Gasteiger partial charge in [-0.1, -0.05) is 23.9 Å². The molecule has 1 fully saturated rings. The van der Waals surface area contributed by atoms with Crippen molar-refractivity contribution in [2.75, 3.05) is 19.4 Å². The highest BCUT2D eigenvalue weighted by Gasteiger charge is 2.22. The molecule has 1 amide bonds. The number of ether oxygens (including phenoxy) is 1. The molecule has 2 unspecified atom stereocenters. The van der Waals surface area contributed by atoms with Gasteiger partial charge in [0.1, 0.15) is 5.82 Å². The first-order valence-corrected chi connectivity index (χ1v) is 10.6. The molecular formula is C21H28FN3O2S. The largest absolute Gasteiger partial charge is 0.376 e. The standard InChI is InChI=1S/C21H28FN3O2S/c1-14-15(2)25(12-19-6-5-11-27-19)21(23-14)28-13-20(26)24(4)16(3)17-7-9-18(22)10-8-17/h7-10,16,19H,5-6,11-13H2,1-4H3. The summed E-state index contributed by atoms with van der Waals surface area (Å²) in [5, 5.41) is 0.863. The summed E-state index contributed by atoms with van der Waals surface area (Å²) < 4.78 is 21.1. The van der Waals surface area contributed by atoms with E-state index in [4.69, 9.17) is 4.74 Å². The first-order valence-electron chi connectivity index (χ1n) is 9.66. The molecule has 1 aliphatic heterocycles. The fraction of sp³-hybridized carbons (Fsp3) is 0.524. The number of carbonyl (C=O) groups excluding carboxylic acids is 1. The number of amides is 1. The number of benzene rings is 1. The fourth-order valence-electron chi connectivity index (χ4n) is 3.35. The van der Waals surface area contributed by atoms with E-state index in [2.05, 4.69) is 16.5 Å². The fourth-order valence-corrected chi connectivity index (χ4v) is 4.37. The van der Waals surface area contributed by atoms with Gasteiger partial charge < -0.3 is 14.2 Å². The molecule has 152 valence electrons. The molecule has 28 heavy (non-hydrogen) atoms. The van der Waals surface area contributed by atoms with Gasteiger partial charge in [-0.2, -0.15) is 0 Å².